The number of carbonyl (C=O) groups excluding carboxylic acids is 1. The number of nitrogens with two attached hydrogens (primary N) is 1. The molecule has 2 rings (SSSR count). The van der Waals surface area contributed by atoms with Crippen LogP contribution in [0.1, 0.15) is 21.1 Å². The Morgan fingerprint density at radius 2 is 2.23 bits per heavy atom. The van der Waals surface area contributed by atoms with Crippen molar-refractivity contribution >= 4 is 29.0 Å². The molecule has 1 heterocycles. The number of thiazole rings is 1. The topological polar surface area (TPSA) is 68.0 Å². The minimum Gasteiger partial charge on any atom is -0.350 e. The quantitative estimate of drug-likeness (QED) is 0.725. The van der Waals surface area contributed by atoms with E-state index in [1.807, 2.05) is 6.07 Å². The molecule has 0 aliphatic carbocycles. The second kappa shape index (κ2) is 8.87. The molecule has 0 saturated carbocycles. The minimum atomic E-state index is -0.186. The monoisotopic (exact) mass is 339 g/mol. The highest BCUT2D eigenvalue weighted by atomic mass is 32.2. The van der Waals surface area contributed by atoms with Crippen molar-refractivity contribution < 1.29 is 9.18 Å². The van der Waals surface area contributed by atoms with Gasteiger partial charge in [0.05, 0.1) is 5.01 Å². The Hall–Kier alpha value is -1.44. The molecule has 7 heteroatoms. The molecule has 1 aromatic heterocycles. The Balaban J connectivity index is 1.67. The van der Waals surface area contributed by atoms with Gasteiger partial charge < -0.3 is 11.1 Å². The molecule has 118 valence electrons. The average molecular weight is 339 g/mol. The third kappa shape index (κ3) is 5.08. The standard InChI is InChI=1S/C15H18FN3OS2/c16-12-4-2-1-3-11(12)9-21-8-7-18-15(20)13-10-22-14(19-13)5-6-17/h1-4,10H,5-9,17H2,(H,18,20). The third-order valence-electron chi connectivity index (χ3n) is 2.89. The fourth-order valence-electron chi connectivity index (χ4n) is 1.78. The van der Waals surface area contributed by atoms with Crippen LogP contribution in [0.2, 0.25) is 0 Å². The first-order valence-electron chi connectivity index (χ1n) is 6.94. The van der Waals surface area contributed by atoms with Gasteiger partial charge >= 0.3 is 0 Å². The van der Waals surface area contributed by atoms with Gasteiger partial charge in [-0.2, -0.15) is 11.8 Å². The van der Waals surface area contributed by atoms with E-state index in [0.717, 1.165) is 10.8 Å². The summed E-state index contributed by atoms with van der Waals surface area (Å²) in [6.45, 7) is 1.06. The highest BCUT2D eigenvalue weighted by molar-refractivity contribution is 7.98. The van der Waals surface area contributed by atoms with Gasteiger partial charge in [-0.15, -0.1) is 11.3 Å². The van der Waals surface area contributed by atoms with Crippen molar-refractivity contribution in [3.8, 4) is 0 Å². The number of halogens is 1. The normalized spacial score (nSPS) is 10.6. The lowest BCUT2D eigenvalue weighted by Crippen LogP contribution is -2.26. The summed E-state index contributed by atoms with van der Waals surface area (Å²) in [5, 5.41) is 5.43. The van der Waals surface area contributed by atoms with E-state index in [9.17, 15) is 9.18 Å². The van der Waals surface area contributed by atoms with Gasteiger partial charge in [0, 0.05) is 29.9 Å². The predicted octanol–water partition coefficient (Wildman–Crippen LogP) is 2.45. The van der Waals surface area contributed by atoms with Gasteiger partial charge in [0.1, 0.15) is 11.5 Å². The van der Waals surface area contributed by atoms with Crippen LogP contribution < -0.4 is 11.1 Å². The largest absolute Gasteiger partial charge is 0.350 e. The number of nitrogens with zero attached hydrogens (tertiary/aromatic N) is 1. The summed E-state index contributed by atoms with van der Waals surface area (Å²) in [5.74, 6) is 0.958. The summed E-state index contributed by atoms with van der Waals surface area (Å²) in [4.78, 5) is 16.1. The molecule has 0 aliphatic heterocycles. The van der Waals surface area contributed by atoms with Crippen molar-refractivity contribution in [2.45, 2.75) is 12.2 Å². The second-order valence-electron chi connectivity index (χ2n) is 4.57. The highest BCUT2D eigenvalue weighted by Crippen LogP contribution is 2.15. The number of hydrogen-bond acceptors (Lipinski definition) is 5. The van der Waals surface area contributed by atoms with E-state index in [0.29, 0.717) is 36.5 Å². The molecule has 3 N–H and O–H groups in total. The molecular weight excluding hydrogens is 321 g/mol. The molecule has 0 saturated heterocycles. The molecule has 1 aromatic carbocycles. The van der Waals surface area contributed by atoms with Crippen LogP contribution >= 0.6 is 23.1 Å². The zero-order valence-corrected chi connectivity index (χ0v) is 13.7. The van der Waals surface area contributed by atoms with Crippen LogP contribution in [0.15, 0.2) is 29.6 Å². The van der Waals surface area contributed by atoms with E-state index in [1.165, 1.54) is 17.4 Å². The van der Waals surface area contributed by atoms with Crippen molar-refractivity contribution in [2.75, 3.05) is 18.8 Å². The number of thioether (sulfide) groups is 1. The van der Waals surface area contributed by atoms with E-state index in [-0.39, 0.29) is 11.7 Å². The Morgan fingerprint density at radius 1 is 1.41 bits per heavy atom. The molecule has 0 spiro atoms. The summed E-state index contributed by atoms with van der Waals surface area (Å²) in [7, 11) is 0. The van der Waals surface area contributed by atoms with Crippen molar-refractivity contribution in [3.05, 3.63) is 51.7 Å². The van der Waals surface area contributed by atoms with Crippen molar-refractivity contribution in [1.29, 1.82) is 0 Å². The maximum Gasteiger partial charge on any atom is 0.270 e. The van der Waals surface area contributed by atoms with Crippen LogP contribution in [0.25, 0.3) is 0 Å². The maximum atomic E-state index is 13.4. The molecule has 2 aromatic rings. The first-order chi connectivity index (χ1) is 10.7. The van der Waals surface area contributed by atoms with Crippen molar-refractivity contribution in [3.63, 3.8) is 0 Å². The number of hydrogen-bond donors (Lipinski definition) is 2. The highest BCUT2D eigenvalue weighted by Gasteiger charge is 2.09. The van der Waals surface area contributed by atoms with Gasteiger partial charge in [0.25, 0.3) is 5.91 Å². The Labute approximate surface area is 137 Å². The zero-order valence-electron chi connectivity index (χ0n) is 12.0. The van der Waals surface area contributed by atoms with Gasteiger partial charge in [-0.25, -0.2) is 9.37 Å². The van der Waals surface area contributed by atoms with Crippen LogP contribution in [0.5, 0.6) is 0 Å². The number of aromatic nitrogens is 1. The fraction of sp³-hybridized carbons (Fsp3) is 0.333. The second-order valence-corrected chi connectivity index (χ2v) is 6.61. The third-order valence-corrected chi connectivity index (χ3v) is 4.81. The molecule has 0 radical (unpaired) electrons. The number of rotatable bonds is 8. The molecular formula is C15H18FN3OS2. The maximum absolute atomic E-state index is 13.4. The zero-order chi connectivity index (χ0) is 15.8. The Bertz CT molecular complexity index is 618. The molecule has 22 heavy (non-hydrogen) atoms. The summed E-state index contributed by atoms with van der Waals surface area (Å²) in [6, 6.07) is 6.73. The van der Waals surface area contributed by atoms with Crippen LogP contribution in [0.4, 0.5) is 4.39 Å². The van der Waals surface area contributed by atoms with E-state index in [2.05, 4.69) is 10.3 Å². The van der Waals surface area contributed by atoms with Crippen molar-refractivity contribution in [1.82, 2.24) is 10.3 Å². The van der Waals surface area contributed by atoms with Gasteiger partial charge in [0.15, 0.2) is 0 Å². The number of nitrogens with one attached hydrogen (secondary N) is 1. The molecule has 0 bridgehead atoms. The number of amides is 1. The predicted molar refractivity (Wildman–Crippen MR) is 89.8 cm³/mol. The first kappa shape index (κ1) is 16.9. The fourth-order valence-corrected chi connectivity index (χ4v) is 3.42. The van der Waals surface area contributed by atoms with E-state index in [1.54, 1.807) is 29.3 Å². The summed E-state index contributed by atoms with van der Waals surface area (Å²) < 4.78 is 13.4. The van der Waals surface area contributed by atoms with Crippen LogP contribution in [-0.4, -0.2) is 29.7 Å². The molecule has 0 aliphatic rings. The van der Waals surface area contributed by atoms with Crippen LogP contribution in [-0.2, 0) is 12.2 Å². The SMILES string of the molecule is NCCc1nc(C(=O)NCCSCc2ccccc2F)cs1. The van der Waals surface area contributed by atoms with E-state index < -0.39 is 0 Å². The van der Waals surface area contributed by atoms with Gasteiger partial charge in [-0.3, -0.25) is 4.79 Å². The molecule has 0 unspecified atom stereocenters. The van der Waals surface area contributed by atoms with Crippen LogP contribution in [0.3, 0.4) is 0 Å². The smallest absolute Gasteiger partial charge is 0.270 e. The molecule has 0 atom stereocenters. The van der Waals surface area contributed by atoms with E-state index >= 15 is 0 Å². The molecule has 1 amide bonds. The van der Waals surface area contributed by atoms with Gasteiger partial charge in [0.2, 0.25) is 0 Å². The Morgan fingerprint density at radius 3 is 3.00 bits per heavy atom. The van der Waals surface area contributed by atoms with E-state index in [4.69, 9.17) is 5.73 Å². The Kier molecular flexibility index (Phi) is 6.82. The molecule has 4 nitrogen and oxygen atoms in total. The molecule has 0 fully saturated rings. The first-order valence-corrected chi connectivity index (χ1v) is 8.98. The van der Waals surface area contributed by atoms with Crippen LogP contribution in [0, 0.1) is 5.82 Å². The summed E-state index contributed by atoms with van der Waals surface area (Å²) in [6.07, 6.45) is 0.691. The summed E-state index contributed by atoms with van der Waals surface area (Å²) >= 11 is 3.03. The summed E-state index contributed by atoms with van der Waals surface area (Å²) in [5.41, 5.74) is 6.58. The van der Waals surface area contributed by atoms with Gasteiger partial charge in [-0.1, -0.05) is 18.2 Å². The number of carbonyl (C=O) groups is 1. The lowest BCUT2D eigenvalue weighted by Gasteiger charge is -2.04. The lowest BCUT2D eigenvalue weighted by atomic mass is 10.2. The lowest BCUT2D eigenvalue weighted by molar-refractivity contribution is 0.0951. The van der Waals surface area contributed by atoms with Gasteiger partial charge in [-0.05, 0) is 18.2 Å². The van der Waals surface area contributed by atoms with Crippen molar-refractivity contribution in [2.24, 2.45) is 5.73 Å². The number of benzene rings is 1. The average Bonchev–Trinajstić information content (AvgIpc) is 2.98. The minimum absolute atomic E-state index is 0.175.